The van der Waals surface area contributed by atoms with Crippen LogP contribution in [0.4, 0.5) is 0 Å². The van der Waals surface area contributed by atoms with Crippen molar-refractivity contribution in [2.75, 3.05) is 0 Å². The van der Waals surface area contributed by atoms with Crippen molar-refractivity contribution in [1.29, 1.82) is 0 Å². The summed E-state index contributed by atoms with van der Waals surface area (Å²) in [4.78, 5) is 0. The van der Waals surface area contributed by atoms with Crippen LogP contribution in [0.3, 0.4) is 0 Å². The zero-order valence-corrected chi connectivity index (χ0v) is 14.9. The molecule has 0 unspecified atom stereocenters. The first-order valence-electron chi connectivity index (χ1n) is 6.79. The molecular formula is C16H28Ge. The van der Waals surface area contributed by atoms with Gasteiger partial charge in [0.2, 0.25) is 0 Å². The Morgan fingerprint density at radius 1 is 0.824 bits per heavy atom. The summed E-state index contributed by atoms with van der Waals surface area (Å²) in [5, 5.41) is 0. The molecule has 0 amide bonds. The SMILES string of the molecule is Cc1c(C(C)C)c[c]([Ge]([CH3])([CH3])[CH3])cc1C(C)C. The van der Waals surface area contributed by atoms with E-state index in [4.69, 9.17) is 0 Å². The van der Waals surface area contributed by atoms with Crippen molar-refractivity contribution in [2.45, 2.75) is 63.7 Å². The van der Waals surface area contributed by atoms with Crippen LogP contribution >= 0.6 is 0 Å². The predicted molar refractivity (Wildman–Crippen MR) is 82.3 cm³/mol. The molecule has 0 saturated heterocycles. The second-order valence-electron chi connectivity index (χ2n) is 6.84. The maximum atomic E-state index is 2.49. The first kappa shape index (κ1) is 14.8. The zero-order valence-electron chi connectivity index (χ0n) is 12.8. The molecule has 0 bridgehead atoms. The molecular weight excluding hydrogens is 265 g/mol. The topological polar surface area (TPSA) is 0 Å². The van der Waals surface area contributed by atoms with Gasteiger partial charge in [-0.1, -0.05) is 0 Å². The monoisotopic (exact) mass is 294 g/mol. The van der Waals surface area contributed by atoms with Gasteiger partial charge in [0.05, 0.1) is 0 Å². The molecule has 0 N–H and O–H groups in total. The van der Waals surface area contributed by atoms with E-state index in [2.05, 4.69) is 64.0 Å². The molecule has 0 aliphatic carbocycles. The quantitative estimate of drug-likeness (QED) is 0.703. The molecule has 0 fully saturated rings. The number of hydrogen-bond acceptors (Lipinski definition) is 0. The Hall–Kier alpha value is -0.237. The van der Waals surface area contributed by atoms with Gasteiger partial charge >= 0.3 is 110 Å². The minimum atomic E-state index is -1.72. The molecule has 0 atom stereocenters. The zero-order chi connectivity index (χ0) is 13.4. The van der Waals surface area contributed by atoms with Crippen LogP contribution < -0.4 is 4.40 Å². The number of hydrogen-bond donors (Lipinski definition) is 0. The molecule has 0 radical (unpaired) electrons. The molecule has 1 rings (SSSR count). The van der Waals surface area contributed by atoms with E-state index in [0.717, 1.165) is 0 Å². The summed E-state index contributed by atoms with van der Waals surface area (Å²) in [5.41, 5.74) is 4.64. The molecule has 0 nitrogen and oxygen atoms in total. The van der Waals surface area contributed by atoms with E-state index in [9.17, 15) is 0 Å². The van der Waals surface area contributed by atoms with Crippen molar-refractivity contribution in [3.05, 3.63) is 28.8 Å². The second-order valence-corrected chi connectivity index (χ2v) is 17.5. The summed E-state index contributed by atoms with van der Waals surface area (Å²) in [7, 11) is 0. The van der Waals surface area contributed by atoms with E-state index in [1.165, 1.54) is 5.56 Å². The Morgan fingerprint density at radius 3 is 1.41 bits per heavy atom. The average Bonchev–Trinajstić information content (AvgIpc) is 2.14. The van der Waals surface area contributed by atoms with Gasteiger partial charge in [0, 0.05) is 0 Å². The third kappa shape index (κ3) is 3.37. The summed E-state index contributed by atoms with van der Waals surface area (Å²) in [6, 6.07) is 4.98. The van der Waals surface area contributed by atoms with E-state index in [1.54, 1.807) is 15.5 Å². The number of rotatable bonds is 3. The van der Waals surface area contributed by atoms with Crippen LogP contribution in [-0.4, -0.2) is 13.3 Å². The van der Waals surface area contributed by atoms with Crippen molar-refractivity contribution >= 4 is 17.7 Å². The maximum absolute atomic E-state index is 2.49. The van der Waals surface area contributed by atoms with Crippen molar-refractivity contribution in [3.63, 3.8) is 0 Å². The van der Waals surface area contributed by atoms with E-state index in [1.807, 2.05) is 0 Å². The molecule has 96 valence electrons. The molecule has 17 heavy (non-hydrogen) atoms. The third-order valence-electron chi connectivity index (χ3n) is 3.60. The molecule has 1 aromatic carbocycles. The van der Waals surface area contributed by atoms with Crippen LogP contribution in [0.5, 0.6) is 0 Å². The predicted octanol–water partition coefficient (Wildman–Crippen LogP) is 4.79. The van der Waals surface area contributed by atoms with E-state index >= 15 is 0 Å². The summed E-state index contributed by atoms with van der Waals surface area (Å²) in [6.45, 7) is 11.5. The van der Waals surface area contributed by atoms with E-state index in [-0.39, 0.29) is 0 Å². The van der Waals surface area contributed by atoms with E-state index in [0.29, 0.717) is 11.8 Å². The minimum absolute atomic E-state index is 0.636. The van der Waals surface area contributed by atoms with Gasteiger partial charge in [0.25, 0.3) is 0 Å². The molecule has 1 aromatic rings. The van der Waals surface area contributed by atoms with Gasteiger partial charge in [-0.05, 0) is 0 Å². The molecule has 0 saturated carbocycles. The van der Waals surface area contributed by atoms with Crippen LogP contribution in [0, 0.1) is 6.92 Å². The normalized spacial score (nSPS) is 12.6. The molecule has 0 aliphatic rings. The van der Waals surface area contributed by atoms with Crippen LogP contribution in [0.25, 0.3) is 0 Å². The van der Waals surface area contributed by atoms with Gasteiger partial charge in [0.15, 0.2) is 0 Å². The van der Waals surface area contributed by atoms with Crippen LogP contribution in [0.15, 0.2) is 12.1 Å². The first-order valence-corrected chi connectivity index (χ1v) is 14.1. The first-order chi connectivity index (χ1) is 7.64. The Morgan fingerprint density at radius 2 is 1.18 bits per heavy atom. The Bertz CT molecular complexity index is 365. The van der Waals surface area contributed by atoms with Crippen molar-refractivity contribution in [1.82, 2.24) is 0 Å². The van der Waals surface area contributed by atoms with Crippen molar-refractivity contribution in [3.8, 4) is 0 Å². The Balaban J connectivity index is 3.48. The van der Waals surface area contributed by atoms with Crippen LogP contribution in [-0.2, 0) is 0 Å². The van der Waals surface area contributed by atoms with Crippen molar-refractivity contribution in [2.24, 2.45) is 0 Å². The van der Waals surface area contributed by atoms with Gasteiger partial charge in [-0.15, -0.1) is 0 Å². The molecule has 0 heterocycles. The summed E-state index contributed by atoms with van der Waals surface area (Å²) >= 11 is -1.72. The van der Waals surface area contributed by atoms with Gasteiger partial charge < -0.3 is 0 Å². The summed E-state index contributed by atoms with van der Waals surface area (Å²) in [6.07, 6.45) is 0. The van der Waals surface area contributed by atoms with Crippen molar-refractivity contribution < 1.29 is 0 Å². The standard InChI is InChI=1S/C16H28Ge/c1-11(2)15-9-14(17(6,7)8)10-16(12(3)4)13(15)5/h9-12H,1-8H3. The van der Waals surface area contributed by atoms with Crippen LogP contribution in [0.1, 0.15) is 56.2 Å². The fourth-order valence-corrected chi connectivity index (χ4v) is 4.86. The Kier molecular flexibility index (Phi) is 4.51. The third-order valence-corrected chi connectivity index (χ3v) is 7.84. The summed E-state index contributed by atoms with van der Waals surface area (Å²) in [5.74, 6) is 8.73. The van der Waals surface area contributed by atoms with E-state index < -0.39 is 13.3 Å². The fourth-order valence-electron chi connectivity index (χ4n) is 2.39. The second kappa shape index (κ2) is 5.18. The van der Waals surface area contributed by atoms with Crippen LogP contribution in [0.2, 0.25) is 17.3 Å². The van der Waals surface area contributed by atoms with Gasteiger partial charge in [0.1, 0.15) is 0 Å². The molecule has 0 spiro atoms. The molecule has 0 aromatic heterocycles. The Labute approximate surface area is 110 Å². The van der Waals surface area contributed by atoms with Gasteiger partial charge in [-0.2, -0.15) is 0 Å². The summed E-state index contributed by atoms with van der Waals surface area (Å²) < 4.78 is 1.66. The fraction of sp³-hybridized carbons (Fsp3) is 0.625. The molecule has 0 aliphatic heterocycles. The van der Waals surface area contributed by atoms with Gasteiger partial charge in [-0.25, -0.2) is 0 Å². The van der Waals surface area contributed by atoms with Gasteiger partial charge in [-0.3, -0.25) is 0 Å². The average molecular weight is 293 g/mol. The number of benzene rings is 1. The molecule has 1 heteroatoms.